The Balaban J connectivity index is 2.67. The van der Waals surface area contributed by atoms with Crippen LogP contribution in [0.25, 0.3) is 0 Å². The topological polar surface area (TPSA) is 61.8 Å². The molecule has 0 unspecified atom stereocenters. The fraction of sp³-hybridized carbons (Fsp3) is 0.333. The number of esters is 2. The van der Waals surface area contributed by atoms with Gasteiger partial charge >= 0.3 is 11.9 Å². The predicted molar refractivity (Wildman–Crippen MR) is 73.0 cm³/mol. The summed E-state index contributed by atoms with van der Waals surface area (Å²) in [7, 11) is 2.46. The lowest BCUT2D eigenvalue weighted by atomic mass is 9.87. The SMILES string of the molecule is COC(=O)C(C)(C/C=C/Oc1ccccc1)C(=O)OC. The van der Waals surface area contributed by atoms with E-state index >= 15 is 0 Å². The van der Waals surface area contributed by atoms with Gasteiger partial charge in [-0.05, 0) is 31.6 Å². The van der Waals surface area contributed by atoms with Crippen LogP contribution in [0.15, 0.2) is 42.7 Å². The Hall–Kier alpha value is -2.30. The second kappa shape index (κ2) is 7.33. The zero-order valence-electron chi connectivity index (χ0n) is 11.8. The minimum absolute atomic E-state index is 0.124. The van der Waals surface area contributed by atoms with Gasteiger partial charge in [0.25, 0.3) is 0 Å². The number of hydrogen-bond acceptors (Lipinski definition) is 5. The maximum Gasteiger partial charge on any atom is 0.323 e. The molecule has 0 spiro atoms. The molecule has 0 bridgehead atoms. The van der Waals surface area contributed by atoms with Gasteiger partial charge in [-0.25, -0.2) is 0 Å². The van der Waals surface area contributed by atoms with E-state index in [0.717, 1.165) is 0 Å². The molecule has 0 fully saturated rings. The minimum atomic E-state index is -1.37. The zero-order chi connectivity index (χ0) is 15.0. The summed E-state index contributed by atoms with van der Waals surface area (Å²) >= 11 is 0. The van der Waals surface area contributed by atoms with Crippen LogP contribution >= 0.6 is 0 Å². The summed E-state index contributed by atoms with van der Waals surface area (Å²) in [6.45, 7) is 1.47. The van der Waals surface area contributed by atoms with Gasteiger partial charge in [0, 0.05) is 0 Å². The molecule has 0 saturated carbocycles. The van der Waals surface area contributed by atoms with E-state index in [1.165, 1.54) is 27.4 Å². The highest BCUT2D eigenvalue weighted by Gasteiger charge is 2.42. The number of carbonyl (C=O) groups excluding carboxylic acids is 2. The first-order valence-corrected chi connectivity index (χ1v) is 6.08. The summed E-state index contributed by atoms with van der Waals surface area (Å²) in [5.41, 5.74) is -1.37. The van der Waals surface area contributed by atoms with Crippen molar-refractivity contribution in [1.82, 2.24) is 0 Å². The number of rotatable bonds is 6. The van der Waals surface area contributed by atoms with Crippen molar-refractivity contribution < 1.29 is 23.8 Å². The lowest BCUT2D eigenvalue weighted by molar-refractivity contribution is -0.167. The van der Waals surface area contributed by atoms with Crippen LogP contribution in [0.2, 0.25) is 0 Å². The van der Waals surface area contributed by atoms with Gasteiger partial charge < -0.3 is 14.2 Å². The van der Waals surface area contributed by atoms with Gasteiger partial charge in [0.2, 0.25) is 0 Å². The molecular weight excluding hydrogens is 260 g/mol. The molecule has 108 valence electrons. The molecule has 0 aliphatic heterocycles. The Bertz CT molecular complexity index is 462. The van der Waals surface area contributed by atoms with Gasteiger partial charge in [0.1, 0.15) is 5.75 Å². The highest BCUT2D eigenvalue weighted by Crippen LogP contribution is 2.25. The molecule has 5 nitrogen and oxygen atoms in total. The Labute approximate surface area is 118 Å². The van der Waals surface area contributed by atoms with Gasteiger partial charge in [0.15, 0.2) is 5.41 Å². The number of ether oxygens (including phenoxy) is 3. The lowest BCUT2D eigenvalue weighted by Gasteiger charge is -2.21. The minimum Gasteiger partial charge on any atom is -0.468 e. The van der Waals surface area contributed by atoms with Crippen molar-refractivity contribution in [3.05, 3.63) is 42.7 Å². The summed E-state index contributed by atoms with van der Waals surface area (Å²) in [5.74, 6) is -0.621. The number of hydrogen-bond donors (Lipinski definition) is 0. The van der Waals surface area contributed by atoms with Crippen LogP contribution in [-0.4, -0.2) is 26.2 Å². The quantitative estimate of drug-likeness (QED) is 0.454. The molecule has 0 amide bonds. The standard InChI is InChI=1S/C15H18O5/c1-15(13(16)18-2,14(17)19-3)10-7-11-20-12-8-5-4-6-9-12/h4-9,11H,10H2,1-3H3/b11-7+. The van der Waals surface area contributed by atoms with E-state index in [1.807, 2.05) is 18.2 Å². The second-order valence-corrected chi connectivity index (χ2v) is 4.32. The molecule has 0 aliphatic rings. The highest BCUT2D eigenvalue weighted by atomic mass is 16.5. The Morgan fingerprint density at radius 2 is 1.65 bits per heavy atom. The largest absolute Gasteiger partial charge is 0.468 e. The zero-order valence-corrected chi connectivity index (χ0v) is 11.8. The monoisotopic (exact) mass is 278 g/mol. The van der Waals surface area contributed by atoms with Crippen LogP contribution in [0.1, 0.15) is 13.3 Å². The van der Waals surface area contributed by atoms with Crippen LogP contribution in [0.3, 0.4) is 0 Å². The van der Waals surface area contributed by atoms with Crippen molar-refractivity contribution in [2.75, 3.05) is 14.2 Å². The maximum atomic E-state index is 11.7. The molecule has 20 heavy (non-hydrogen) atoms. The summed E-state index contributed by atoms with van der Waals surface area (Å²) in [5, 5.41) is 0. The van der Waals surface area contributed by atoms with Gasteiger partial charge in [0.05, 0.1) is 20.5 Å². The maximum absolute atomic E-state index is 11.7. The van der Waals surface area contributed by atoms with E-state index in [0.29, 0.717) is 5.75 Å². The third-order valence-corrected chi connectivity index (χ3v) is 2.84. The van der Waals surface area contributed by atoms with Gasteiger partial charge in [-0.2, -0.15) is 0 Å². The van der Waals surface area contributed by atoms with Gasteiger partial charge in [-0.3, -0.25) is 9.59 Å². The summed E-state index contributed by atoms with van der Waals surface area (Å²) < 4.78 is 14.6. The van der Waals surface area contributed by atoms with E-state index in [-0.39, 0.29) is 6.42 Å². The molecule has 0 heterocycles. The number of methoxy groups -OCH3 is 2. The number of allylic oxidation sites excluding steroid dienone is 1. The van der Waals surface area contributed by atoms with Crippen molar-refractivity contribution in [2.45, 2.75) is 13.3 Å². The molecule has 1 aromatic carbocycles. The van der Waals surface area contributed by atoms with Crippen LogP contribution < -0.4 is 4.74 Å². The molecule has 0 aromatic heterocycles. The van der Waals surface area contributed by atoms with E-state index in [1.54, 1.807) is 18.2 Å². The molecule has 1 aromatic rings. The van der Waals surface area contributed by atoms with Crippen molar-refractivity contribution in [2.24, 2.45) is 5.41 Å². The fourth-order valence-electron chi connectivity index (χ4n) is 1.61. The lowest BCUT2D eigenvalue weighted by Crippen LogP contribution is -2.38. The van der Waals surface area contributed by atoms with Gasteiger partial charge in [-0.1, -0.05) is 18.2 Å². The number of benzene rings is 1. The average Bonchev–Trinajstić information content (AvgIpc) is 2.50. The first-order chi connectivity index (χ1) is 9.54. The van der Waals surface area contributed by atoms with Crippen LogP contribution in [-0.2, 0) is 19.1 Å². The van der Waals surface area contributed by atoms with Crippen LogP contribution in [0.5, 0.6) is 5.75 Å². The van der Waals surface area contributed by atoms with Crippen LogP contribution in [0.4, 0.5) is 0 Å². The Kier molecular flexibility index (Phi) is 5.77. The summed E-state index contributed by atoms with van der Waals surface area (Å²) in [4.78, 5) is 23.4. The van der Waals surface area contributed by atoms with Crippen LogP contribution in [0, 0.1) is 5.41 Å². The van der Waals surface area contributed by atoms with E-state index in [4.69, 9.17) is 4.74 Å². The van der Waals surface area contributed by atoms with E-state index in [2.05, 4.69) is 9.47 Å². The van der Waals surface area contributed by atoms with E-state index < -0.39 is 17.4 Å². The first kappa shape index (κ1) is 15.8. The van der Waals surface area contributed by atoms with Crippen molar-refractivity contribution in [3.8, 4) is 5.75 Å². The van der Waals surface area contributed by atoms with E-state index in [9.17, 15) is 9.59 Å². The summed E-state index contributed by atoms with van der Waals surface area (Å²) in [6, 6.07) is 9.16. The number of carbonyl (C=O) groups is 2. The molecule has 0 radical (unpaired) electrons. The fourth-order valence-corrected chi connectivity index (χ4v) is 1.61. The third kappa shape index (κ3) is 3.85. The molecular formula is C15H18O5. The smallest absolute Gasteiger partial charge is 0.323 e. The molecule has 0 aliphatic carbocycles. The Morgan fingerprint density at radius 1 is 1.10 bits per heavy atom. The molecule has 0 saturated heterocycles. The highest BCUT2D eigenvalue weighted by molar-refractivity contribution is 5.99. The van der Waals surface area contributed by atoms with Crippen molar-refractivity contribution in [1.29, 1.82) is 0 Å². The van der Waals surface area contributed by atoms with Gasteiger partial charge in [-0.15, -0.1) is 0 Å². The molecule has 1 rings (SSSR count). The summed E-state index contributed by atoms with van der Waals surface area (Å²) in [6.07, 6.45) is 3.14. The normalized spacial score (nSPS) is 11.2. The molecule has 0 atom stereocenters. The molecule has 5 heteroatoms. The predicted octanol–water partition coefficient (Wildman–Crippen LogP) is 2.32. The molecule has 0 N–H and O–H groups in total. The van der Waals surface area contributed by atoms with Crippen molar-refractivity contribution in [3.63, 3.8) is 0 Å². The number of para-hydroxylation sites is 1. The second-order valence-electron chi connectivity index (χ2n) is 4.32. The third-order valence-electron chi connectivity index (χ3n) is 2.84. The Morgan fingerprint density at radius 3 is 2.15 bits per heavy atom. The average molecular weight is 278 g/mol. The first-order valence-electron chi connectivity index (χ1n) is 6.08. The van der Waals surface area contributed by atoms with Crippen molar-refractivity contribution >= 4 is 11.9 Å².